The molecule has 0 aliphatic rings. The minimum atomic E-state index is -1.29. The van der Waals surface area contributed by atoms with Gasteiger partial charge >= 0.3 is 11.9 Å². The van der Waals surface area contributed by atoms with Crippen molar-refractivity contribution in [1.82, 2.24) is 4.90 Å². The van der Waals surface area contributed by atoms with E-state index in [0.717, 1.165) is 5.56 Å². The number of rotatable bonds is 7. The molecule has 114 valence electrons. The van der Waals surface area contributed by atoms with Crippen LogP contribution in [0.25, 0.3) is 0 Å². The number of halogens is 1. The summed E-state index contributed by atoms with van der Waals surface area (Å²) in [5.41, 5.74) is 0.999. The van der Waals surface area contributed by atoms with Crippen LogP contribution in [0.3, 0.4) is 0 Å². The van der Waals surface area contributed by atoms with Crippen LogP contribution in [0.5, 0.6) is 5.75 Å². The molecular weight excluding hydrogens is 346 g/mol. The van der Waals surface area contributed by atoms with Gasteiger partial charge in [-0.3, -0.25) is 14.4 Å². The number of ether oxygens (including phenoxy) is 1. The zero-order chi connectivity index (χ0) is 16.0. The Bertz CT molecular complexity index is 544. The van der Waals surface area contributed by atoms with Crippen molar-refractivity contribution in [2.24, 2.45) is 0 Å². The Labute approximate surface area is 129 Å². The largest absolute Gasteiger partial charge is 0.483 e. The van der Waals surface area contributed by atoms with E-state index >= 15 is 0 Å². The van der Waals surface area contributed by atoms with Crippen LogP contribution in [0, 0.1) is 6.92 Å². The normalized spacial score (nSPS) is 10.0. The number of carbonyl (C=O) groups is 3. The molecule has 0 fully saturated rings. The molecule has 2 N–H and O–H groups in total. The van der Waals surface area contributed by atoms with Gasteiger partial charge in [0.05, 0.1) is 4.47 Å². The van der Waals surface area contributed by atoms with E-state index in [1.165, 1.54) is 0 Å². The third-order valence-electron chi connectivity index (χ3n) is 2.44. The van der Waals surface area contributed by atoms with E-state index in [1.54, 1.807) is 18.2 Å². The number of nitrogens with zero attached hydrogens (tertiary/aromatic N) is 1. The van der Waals surface area contributed by atoms with E-state index in [9.17, 15) is 14.4 Å². The number of benzene rings is 1. The van der Waals surface area contributed by atoms with Gasteiger partial charge in [0.1, 0.15) is 18.8 Å². The molecule has 0 atom stereocenters. The topological polar surface area (TPSA) is 104 Å². The van der Waals surface area contributed by atoms with Crippen LogP contribution in [0.1, 0.15) is 5.56 Å². The van der Waals surface area contributed by atoms with Crippen LogP contribution in [0.2, 0.25) is 0 Å². The van der Waals surface area contributed by atoms with Crippen molar-refractivity contribution in [1.29, 1.82) is 0 Å². The molecule has 0 aliphatic carbocycles. The minimum absolute atomic E-state index is 0.416. The summed E-state index contributed by atoms with van der Waals surface area (Å²) in [5.74, 6) is -2.88. The first-order valence-corrected chi connectivity index (χ1v) is 6.69. The van der Waals surface area contributed by atoms with Crippen LogP contribution in [-0.4, -0.2) is 52.7 Å². The number of carbonyl (C=O) groups excluding carboxylic acids is 1. The van der Waals surface area contributed by atoms with Crippen molar-refractivity contribution in [3.05, 3.63) is 28.2 Å². The summed E-state index contributed by atoms with van der Waals surface area (Å²) in [5, 5.41) is 17.3. The lowest BCUT2D eigenvalue weighted by Crippen LogP contribution is -2.41. The quantitative estimate of drug-likeness (QED) is 0.756. The van der Waals surface area contributed by atoms with Gasteiger partial charge in [0.15, 0.2) is 6.61 Å². The Kier molecular flexibility index (Phi) is 6.16. The van der Waals surface area contributed by atoms with Gasteiger partial charge in [0.2, 0.25) is 0 Å². The molecule has 0 unspecified atom stereocenters. The standard InChI is InChI=1S/C13H14BrNO6/c1-8-2-3-10(9(14)4-8)21-7-11(16)15(5-12(17)18)6-13(19)20/h2-4H,5-7H2,1H3,(H,17,18)(H,19,20). The molecule has 1 aromatic rings. The Hall–Kier alpha value is -2.09. The lowest BCUT2D eigenvalue weighted by Gasteiger charge is -2.18. The van der Waals surface area contributed by atoms with Crippen molar-refractivity contribution < 1.29 is 29.3 Å². The summed E-state index contributed by atoms with van der Waals surface area (Å²) >= 11 is 3.28. The molecule has 7 nitrogen and oxygen atoms in total. The molecule has 0 heterocycles. The summed E-state index contributed by atoms with van der Waals surface area (Å²) < 4.78 is 5.92. The number of carboxylic acids is 2. The fourth-order valence-corrected chi connectivity index (χ4v) is 2.12. The molecule has 0 aromatic heterocycles. The molecular formula is C13H14BrNO6. The number of amides is 1. The van der Waals surface area contributed by atoms with Gasteiger partial charge < -0.3 is 19.8 Å². The first kappa shape index (κ1) is 17.0. The predicted octanol–water partition coefficient (Wildman–Crippen LogP) is 1.13. The maximum absolute atomic E-state index is 11.8. The summed E-state index contributed by atoms with van der Waals surface area (Å²) in [6, 6.07) is 5.24. The zero-order valence-corrected chi connectivity index (χ0v) is 12.8. The first-order valence-electron chi connectivity index (χ1n) is 5.90. The van der Waals surface area contributed by atoms with Crippen LogP contribution in [0.4, 0.5) is 0 Å². The van der Waals surface area contributed by atoms with Gasteiger partial charge in [-0.25, -0.2) is 0 Å². The number of hydrogen-bond acceptors (Lipinski definition) is 4. The molecule has 8 heteroatoms. The first-order chi connectivity index (χ1) is 9.79. The van der Waals surface area contributed by atoms with Crippen LogP contribution >= 0.6 is 15.9 Å². The van der Waals surface area contributed by atoms with Crippen LogP contribution < -0.4 is 4.74 Å². The fourth-order valence-electron chi connectivity index (χ4n) is 1.51. The number of hydrogen-bond donors (Lipinski definition) is 2. The van der Waals surface area contributed by atoms with Crippen molar-refractivity contribution >= 4 is 33.8 Å². The summed E-state index contributed by atoms with van der Waals surface area (Å²) in [4.78, 5) is 33.8. The van der Waals surface area contributed by atoms with E-state index in [1.807, 2.05) is 6.92 Å². The van der Waals surface area contributed by atoms with Crippen molar-refractivity contribution in [2.45, 2.75) is 6.92 Å². The molecule has 1 amide bonds. The average Bonchev–Trinajstić information content (AvgIpc) is 2.35. The van der Waals surface area contributed by atoms with Gasteiger partial charge in [-0.1, -0.05) is 6.07 Å². The molecule has 0 saturated heterocycles. The van der Waals surface area contributed by atoms with Gasteiger partial charge in [-0.2, -0.15) is 0 Å². The number of carboxylic acid groups (broad SMARTS) is 2. The maximum Gasteiger partial charge on any atom is 0.323 e. The second-order valence-electron chi connectivity index (χ2n) is 4.26. The SMILES string of the molecule is Cc1ccc(OCC(=O)N(CC(=O)O)CC(=O)O)c(Br)c1. The third kappa shape index (κ3) is 5.82. The van der Waals surface area contributed by atoms with E-state index in [4.69, 9.17) is 14.9 Å². The molecule has 1 rings (SSSR count). The predicted molar refractivity (Wildman–Crippen MR) is 76.2 cm³/mol. The van der Waals surface area contributed by atoms with Crippen molar-refractivity contribution in [2.75, 3.05) is 19.7 Å². The van der Waals surface area contributed by atoms with E-state index in [0.29, 0.717) is 15.1 Å². The maximum atomic E-state index is 11.8. The number of aliphatic carboxylic acids is 2. The molecule has 0 aliphatic heterocycles. The van der Waals surface area contributed by atoms with Gasteiger partial charge in [0.25, 0.3) is 5.91 Å². The Morgan fingerprint density at radius 3 is 2.24 bits per heavy atom. The Morgan fingerprint density at radius 2 is 1.76 bits per heavy atom. The third-order valence-corrected chi connectivity index (χ3v) is 3.06. The second kappa shape index (κ2) is 7.63. The summed E-state index contributed by atoms with van der Waals surface area (Å²) in [7, 11) is 0. The number of aryl methyl sites for hydroxylation is 1. The highest BCUT2D eigenvalue weighted by Crippen LogP contribution is 2.25. The highest BCUT2D eigenvalue weighted by Gasteiger charge is 2.20. The Morgan fingerprint density at radius 1 is 1.19 bits per heavy atom. The Balaban J connectivity index is 2.68. The summed E-state index contributed by atoms with van der Waals surface area (Å²) in [6.45, 7) is 0.0660. The molecule has 1 aromatic carbocycles. The van der Waals surface area contributed by atoms with Gasteiger partial charge in [-0.05, 0) is 40.5 Å². The molecule has 21 heavy (non-hydrogen) atoms. The second-order valence-corrected chi connectivity index (χ2v) is 5.11. The smallest absolute Gasteiger partial charge is 0.323 e. The molecule has 0 spiro atoms. The van der Waals surface area contributed by atoms with E-state index < -0.39 is 37.5 Å². The van der Waals surface area contributed by atoms with Crippen LogP contribution in [0.15, 0.2) is 22.7 Å². The van der Waals surface area contributed by atoms with Crippen LogP contribution in [-0.2, 0) is 14.4 Å². The highest BCUT2D eigenvalue weighted by atomic mass is 79.9. The highest BCUT2D eigenvalue weighted by molar-refractivity contribution is 9.10. The zero-order valence-electron chi connectivity index (χ0n) is 11.2. The average molecular weight is 360 g/mol. The molecule has 0 radical (unpaired) electrons. The lowest BCUT2D eigenvalue weighted by atomic mass is 10.2. The van der Waals surface area contributed by atoms with Crippen molar-refractivity contribution in [3.8, 4) is 5.75 Å². The minimum Gasteiger partial charge on any atom is -0.483 e. The van der Waals surface area contributed by atoms with Crippen molar-refractivity contribution in [3.63, 3.8) is 0 Å². The lowest BCUT2D eigenvalue weighted by molar-refractivity contribution is -0.150. The molecule has 0 bridgehead atoms. The van der Waals surface area contributed by atoms with E-state index in [2.05, 4.69) is 15.9 Å². The fraction of sp³-hybridized carbons (Fsp3) is 0.308. The van der Waals surface area contributed by atoms with E-state index in [-0.39, 0.29) is 0 Å². The summed E-state index contributed by atoms with van der Waals surface area (Å²) in [6.07, 6.45) is 0. The van der Waals surface area contributed by atoms with Gasteiger partial charge in [-0.15, -0.1) is 0 Å². The monoisotopic (exact) mass is 359 g/mol. The molecule has 0 saturated carbocycles. The van der Waals surface area contributed by atoms with Gasteiger partial charge in [0, 0.05) is 0 Å².